The number of hydrogen-bond donors (Lipinski definition) is 4. The van der Waals surface area contributed by atoms with E-state index >= 15 is 0 Å². The van der Waals surface area contributed by atoms with Crippen molar-refractivity contribution in [3.63, 3.8) is 0 Å². The van der Waals surface area contributed by atoms with Crippen molar-refractivity contribution in [1.29, 1.82) is 0 Å². The van der Waals surface area contributed by atoms with Crippen LogP contribution in [0.25, 0.3) is 0 Å². The van der Waals surface area contributed by atoms with Gasteiger partial charge in [-0.3, -0.25) is 9.11 Å². The van der Waals surface area contributed by atoms with Gasteiger partial charge in [-0.15, -0.1) is 0 Å². The summed E-state index contributed by atoms with van der Waals surface area (Å²) in [7, 11) is -8.15. The first-order valence-corrected chi connectivity index (χ1v) is 8.54. The zero-order chi connectivity index (χ0) is 17.0. The van der Waals surface area contributed by atoms with Gasteiger partial charge in [0.05, 0.1) is 9.79 Å². The molecule has 0 heterocycles. The van der Waals surface area contributed by atoms with Gasteiger partial charge in [0.2, 0.25) is 0 Å². The van der Waals surface area contributed by atoms with Crippen LogP contribution in [0.2, 0.25) is 0 Å². The van der Waals surface area contributed by atoms with E-state index in [0.717, 1.165) is 0 Å². The molecule has 0 aliphatic heterocycles. The number of nitrogens with two attached hydrogens (primary N) is 2. The largest absolute Gasteiger partial charge is 2.00 e. The van der Waals surface area contributed by atoms with Crippen LogP contribution in [0.5, 0.6) is 0 Å². The summed E-state index contributed by atoms with van der Waals surface area (Å²) in [6.07, 6.45) is 0. The van der Waals surface area contributed by atoms with Gasteiger partial charge in [0.25, 0.3) is 20.2 Å². The van der Waals surface area contributed by atoms with Crippen molar-refractivity contribution in [3.05, 3.63) is 48.5 Å². The van der Waals surface area contributed by atoms with Crippen molar-refractivity contribution in [2.75, 3.05) is 11.5 Å². The van der Waals surface area contributed by atoms with E-state index in [1.807, 2.05) is 0 Å². The van der Waals surface area contributed by atoms with Crippen molar-refractivity contribution >= 4 is 31.6 Å². The maximum Gasteiger partial charge on any atom is 2.00 e. The molecule has 0 saturated carbocycles. The molecular weight excluding hydrogens is 398 g/mol. The molecule has 2 aromatic rings. The van der Waals surface area contributed by atoms with Crippen LogP contribution in [0.3, 0.4) is 0 Å². The summed E-state index contributed by atoms with van der Waals surface area (Å²) in [5, 5.41) is 0. The first-order chi connectivity index (χ1) is 10.00. The minimum Gasteiger partial charge on any atom is -0.399 e. The molecule has 0 aliphatic rings. The van der Waals surface area contributed by atoms with Crippen LogP contribution in [-0.2, 0) is 39.7 Å². The molecule has 8 nitrogen and oxygen atoms in total. The second kappa shape index (κ2) is 8.37. The van der Waals surface area contributed by atoms with E-state index in [0.29, 0.717) is 11.4 Å². The third-order valence-corrected chi connectivity index (χ3v) is 4.09. The predicted molar refractivity (Wildman–Crippen MR) is 81.3 cm³/mol. The monoisotopic (exact) mass is 410 g/mol. The van der Waals surface area contributed by atoms with Crippen LogP contribution in [-0.4, -0.2) is 25.9 Å². The number of hydrogen-bond acceptors (Lipinski definition) is 6. The molecular formula is C12H14N2O6S2Zn+2. The molecule has 0 aromatic heterocycles. The Morgan fingerprint density at radius 1 is 0.609 bits per heavy atom. The molecule has 2 rings (SSSR count). The second-order valence-corrected chi connectivity index (χ2v) is 6.93. The van der Waals surface area contributed by atoms with E-state index in [9.17, 15) is 16.8 Å². The zero-order valence-corrected chi connectivity index (χ0v) is 16.4. The average molecular weight is 412 g/mol. The first kappa shape index (κ1) is 21.5. The van der Waals surface area contributed by atoms with Gasteiger partial charge >= 0.3 is 19.5 Å². The Hall–Kier alpha value is -1.52. The maximum atomic E-state index is 10.5. The molecule has 0 unspecified atom stereocenters. The summed E-state index contributed by atoms with van der Waals surface area (Å²) in [5.74, 6) is 0. The fraction of sp³-hybridized carbons (Fsp3) is 0. The van der Waals surface area contributed by atoms with Crippen molar-refractivity contribution in [1.82, 2.24) is 0 Å². The minimum atomic E-state index is -4.08. The molecule has 0 bridgehead atoms. The summed E-state index contributed by atoms with van der Waals surface area (Å²) < 4.78 is 58.9. The third kappa shape index (κ3) is 7.53. The summed E-state index contributed by atoms with van der Waals surface area (Å²) in [6.45, 7) is 0. The Morgan fingerprint density at radius 3 is 1.00 bits per heavy atom. The molecule has 0 spiro atoms. The number of rotatable bonds is 2. The number of benzene rings is 2. The van der Waals surface area contributed by atoms with Crippen LogP contribution in [0.1, 0.15) is 0 Å². The van der Waals surface area contributed by atoms with Gasteiger partial charge in [0.15, 0.2) is 0 Å². The van der Waals surface area contributed by atoms with Gasteiger partial charge < -0.3 is 11.5 Å². The van der Waals surface area contributed by atoms with Crippen LogP contribution in [0.15, 0.2) is 58.3 Å². The average Bonchev–Trinajstić information content (AvgIpc) is 2.38. The Bertz CT molecular complexity index is 761. The van der Waals surface area contributed by atoms with E-state index in [4.69, 9.17) is 20.6 Å². The minimum absolute atomic E-state index is 0. The van der Waals surface area contributed by atoms with Crippen LogP contribution < -0.4 is 11.5 Å². The van der Waals surface area contributed by atoms with Gasteiger partial charge in [-0.1, -0.05) is 0 Å². The molecule has 0 atom stereocenters. The molecule has 0 aliphatic carbocycles. The molecule has 120 valence electrons. The van der Waals surface area contributed by atoms with Crippen LogP contribution >= 0.6 is 0 Å². The maximum absolute atomic E-state index is 10.5. The van der Waals surface area contributed by atoms with Crippen molar-refractivity contribution < 1.29 is 45.4 Å². The molecule has 11 heteroatoms. The van der Waals surface area contributed by atoms with E-state index in [1.165, 1.54) is 48.5 Å². The van der Waals surface area contributed by atoms with Gasteiger partial charge in [-0.25, -0.2) is 0 Å². The molecule has 23 heavy (non-hydrogen) atoms. The SMILES string of the molecule is Nc1ccc(S(=O)(=O)O)cc1.Nc1ccc(S(=O)(=O)O)cc1.[Zn+2]. The summed E-state index contributed by atoms with van der Waals surface area (Å²) in [6, 6.07) is 10.6. The van der Waals surface area contributed by atoms with Crippen LogP contribution in [0, 0.1) is 0 Å². The summed E-state index contributed by atoms with van der Waals surface area (Å²) >= 11 is 0. The van der Waals surface area contributed by atoms with Crippen LogP contribution in [0.4, 0.5) is 11.4 Å². The number of anilines is 2. The van der Waals surface area contributed by atoms with Gasteiger partial charge in [-0.2, -0.15) is 16.8 Å². The normalized spacial score (nSPS) is 10.9. The van der Waals surface area contributed by atoms with Gasteiger partial charge in [0.1, 0.15) is 0 Å². The Kier molecular flexibility index (Phi) is 7.82. The van der Waals surface area contributed by atoms with Gasteiger partial charge in [0, 0.05) is 11.4 Å². The zero-order valence-electron chi connectivity index (χ0n) is 11.8. The molecule has 2 aromatic carbocycles. The van der Waals surface area contributed by atoms with E-state index in [1.54, 1.807) is 0 Å². The van der Waals surface area contributed by atoms with Gasteiger partial charge in [-0.05, 0) is 48.5 Å². The molecule has 0 fully saturated rings. The molecule has 6 N–H and O–H groups in total. The van der Waals surface area contributed by atoms with Crippen molar-refractivity contribution in [2.24, 2.45) is 0 Å². The van der Waals surface area contributed by atoms with E-state index < -0.39 is 20.2 Å². The Labute approximate surface area is 146 Å². The standard InChI is InChI=1S/2C6H7NO3S.Zn/c2*7-5-1-3-6(4-2-5)11(8,9)10;/h2*1-4H,7H2,(H,8,9,10);/q;;+2. The molecule has 0 radical (unpaired) electrons. The first-order valence-electron chi connectivity index (χ1n) is 5.66. The molecule has 0 amide bonds. The second-order valence-electron chi connectivity index (χ2n) is 4.09. The Morgan fingerprint density at radius 2 is 0.826 bits per heavy atom. The Balaban J connectivity index is 0.000000403. The fourth-order valence-corrected chi connectivity index (χ4v) is 2.24. The van der Waals surface area contributed by atoms with Crippen molar-refractivity contribution in [2.45, 2.75) is 9.79 Å². The third-order valence-electron chi connectivity index (χ3n) is 2.36. The predicted octanol–water partition coefficient (Wildman–Crippen LogP) is 1.03. The smallest absolute Gasteiger partial charge is 0.399 e. The molecule has 0 saturated heterocycles. The van der Waals surface area contributed by atoms with E-state index in [2.05, 4.69) is 0 Å². The fourth-order valence-electron chi connectivity index (χ4n) is 1.28. The summed E-state index contributed by atoms with van der Waals surface area (Å²) in [4.78, 5) is -0.293. The van der Waals surface area contributed by atoms with E-state index in [-0.39, 0.29) is 29.3 Å². The topological polar surface area (TPSA) is 161 Å². The summed E-state index contributed by atoms with van der Waals surface area (Å²) in [5.41, 5.74) is 11.5. The van der Waals surface area contributed by atoms with Crippen molar-refractivity contribution in [3.8, 4) is 0 Å². The number of nitrogen functional groups attached to an aromatic ring is 2. The quantitative estimate of drug-likeness (QED) is 0.323.